The van der Waals surface area contributed by atoms with Gasteiger partial charge in [0.2, 0.25) is 5.69 Å². The van der Waals surface area contributed by atoms with E-state index in [0.717, 1.165) is 0 Å². The number of aryl methyl sites for hydroxylation is 3. The number of furan rings is 1. The lowest BCUT2D eigenvalue weighted by Crippen LogP contribution is -2.32. The quantitative estimate of drug-likeness (QED) is 0.255. The number of rotatable bonds is 2. The summed E-state index contributed by atoms with van der Waals surface area (Å²) in [5, 5.41) is 1.19. The Balaban J connectivity index is 1.72. The van der Waals surface area contributed by atoms with E-state index in [2.05, 4.69) is 4.98 Å². The summed E-state index contributed by atoms with van der Waals surface area (Å²) in [6.45, 7) is -8.54. The van der Waals surface area contributed by atoms with Crippen LogP contribution in [0.3, 0.4) is 0 Å². The van der Waals surface area contributed by atoms with E-state index in [-0.39, 0.29) is 27.8 Å². The van der Waals surface area contributed by atoms with E-state index < -0.39 is 38.7 Å². The number of benzene rings is 2. The molecule has 6 rings (SSSR count). The van der Waals surface area contributed by atoms with Crippen molar-refractivity contribution in [3.05, 3.63) is 82.8 Å². The maximum Gasteiger partial charge on any atom is 0.216 e. The molecule has 2 aromatic carbocycles. The zero-order valence-corrected chi connectivity index (χ0v) is 19.0. The topological polar surface area (TPSA) is 29.9 Å². The molecule has 0 N–H and O–H groups in total. The number of aromatic nitrogens is 2. The van der Waals surface area contributed by atoms with Crippen molar-refractivity contribution >= 4 is 21.9 Å². The Labute approximate surface area is 219 Å². The molecule has 3 nitrogen and oxygen atoms in total. The monoisotopic (exact) mass is 460 g/mol. The van der Waals surface area contributed by atoms with Gasteiger partial charge in [-0.2, -0.15) is 0 Å². The zero-order chi connectivity index (χ0) is 34.9. The highest BCUT2D eigenvalue weighted by atomic mass is 16.3. The predicted molar refractivity (Wildman–Crippen MR) is 139 cm³/mol. The molecule has 1 unspecified atom stereocenters. The van der Waals surface area contributed by atoms with Crippen molar-refractivity contribution in [2.45, 2.75) is 52.6 Å². The normalized spacial score (nSPS) is 23.1. The lowest BCUT2D eigenvalue weighted by atomic mass is 9.82. The summed E-state index contributed by atoms with van der Waals surface area (Å²) in [4.78, 5) is 4.19. The van der Waals surface area contributed by atoms with Crippen LogP contribution in [-0.2, 0) is 12.5 Å². The zero-order valence-electron chi connectivity index (χ0n) is 32.0. The summed E-state index contributed by atoms with van der Waals surface area (Å²) in [6, 6.07) is 9.61. The molecule has 3 heteroatoms. The van der Waals surface area contributed by atoms with Gasteiger partial charge in [-0.3, -0.25) is 4.98 Å². The van der Waals surface area contributed by atoms with Crippen molar-refractivity contribution in [3.63, 3.8) is 0 Å². The maximum absolute atomic E-state index is 8.68. The molecular weight excluding hydrogens is 416 g/mol. The van der Waals surface area contributed by atoms with Crippen LogP contribution in [-0.4, -0.2) is 4.98 Å². The minimum atomic E-state index is -2.97. The SMILES string of the molecule is [2H]C([2H])([2H])c1cc(-c2c(C)ccc3c2oc2c4c(ccc23)C(C([2H])([2H])[2H])(C([2H])([2H])[2H])c2ccncc2-4)[n+](C)cc1C([2H])(C)C([2H])([2H])[2H]. The largest absolute Gasteiger partial charge is 0.454 e. The number of pyridine rings is 2. The molecule has 0 saturated heterocycles. The van der Waals surface area contributed by atoms with Gasteiger partial charge < -0.3 is 4.42 Å². The van der Waals surface area contributed by atoms with Crippen molar-refractivity contribution < 1.29 is 26.8 Å². The number of hydrogen-bond acceptors (Lipinski definition) is 2. The van der Waals surface area contributed by atoms with E-state index >= 15 is 0 Å². The van der Waals surface area contributed by atoms with Crippen molar-refractivity contribution in [1.29, 1.82) is 0 Å². The highest BCUT2D eigenvalue weighted by Gasteiger charge is 2.38. The molecule has 1 aliphatic carbocycles. The fourth-order valence-electron chi connectivity index (χ4n) is 5.16. The minimum Gasteiger partial charge on any atom is -0.454 e. The Bertz CT molecular complexity index is 2080. The second kappa shape index (κ2) is 7.02. The van der Waals surface area contributed by atoms with Gasteiger partial charge >= 0.3 is 0 Å². The van der Waals surface area contributed by atoms with Crippen molar-refractivity contribution in [3.8, 4) is 22.4 Å². The van der Waals surface area contributed by atoms with Gasteiger partial charge in [-0.25, -0.2) is 4.57 Å². The Morgan fingerprint density at radius 1 is 1.03 bits per heavy atom. The first kappa shape index (κ1) is 11.3. The highest BCUT2D eigenvalue weighted by Crippen LogP contribution is 2.52. The fraction of sp³-hybridized carbons (Fsp3) is 0.290. The van der Waals surface area contributed by atoms with Crippen molar-refractivity contribution in [1.82, 2.24) is 4.98 Å². The van der Waals surface area contributed by atoms with E-state index in [1.807, 2.05) is 12.1 Å². The molecule has 0 aliphatic heterocycles. The highest BCUT2D eigenvalue weighted by molar-refractivity contribution is 6.14. The Morgan fingerprint density at radius 2 is 1.82 bits per heavy atom. The number of hydrogen-bond donors (Lipinski definition) is 0. The average Bonchev–Trinajstić information content (AvgIpc) is 3.45. The maximum atomic E-state index is 8.68. The van der Waals surface area contributed by atoms with Crippen LogP contribution in [0.4, 0.5) is 0 Å². The van der Waals surface area contributed by atoms with E-state index in [1.165, 1.54) is 43.7 Å². The lowest BCUT2D eigenvalue weighted by Gasteiger charge is -2.20. The van der Waals surface area contributed by atoms with Crippen molar-refractivity contribution in [2.24, 2.45) is 7.05 Å². The summed E-state index contributed by atoms with van der Waals surface area (Å²) >= 11 is 0. The second-order valence-electron chi connectivity index (χ2n) is 8.99. The van der Waals surface area contributed by atoms with Crippen LogP contribution in [0, 0.1) is 13.8 Å². The van der Waals surface area contributed by atoms with E-state index in [1.54, 1.807) is 24.6 Å². The first-order valence-electron chi connectivity index (χ1n) is 17.5. The minimum absolute atomic E-state index is 0.0734. The van der Waals surface area contributed by atoms with Crippen LogP contribution >= 0.6 is 0 Å². The van der Waals surface area contributed by atoms with Crippen LogP contribution < -0.4 is 4.57 Å². The van der Waals surface area contributed by atoms with Gasteiger partial charge in [0, 0.05) is 69.2 Å². The number of fused-ring (bicyclic) bond motifs is 7. The standard InChI is InChI=1S/C31H31N2O/c1-17(2)23-16-33(7)26(14-19(23)4)27-18(3)8-9-20-21-10-11-25-28(30(21)34-29(20)27)22-15-32-13-12-24(22)31(25,5)6/h8-17H,1-7H3/q+1/i1D3,4D3,5D3,6D3,17D. The van der Waals surface area contributed by atoms with Crippen LogP contribution in [0.5, 0.6) is 0 Å². The fourth-order valence-corrected chi connectivity index (χ4v) is 5.16. The Kier molecular flexibility index (Phi) is 2.34. The molecular formula is C31H31N2O+. The molecule has 3 aromatic heterocycles. The predicted octanol–water partition coefficient (Wildman–Crippen LogP) is 7.52. The van der Waals surface area contributed by atoms with E-state index in [9.17, 15) is 0 Å². The van der Waals surface area contributed by atoms with Gasteiger partial charge in [0.1, 0.15) is 18.2 Å². The van der Waals surface area contributed by atoms with Gasteiger partial charge in [0.05, 0.1) is 5.56 Å². The molecule has 0 fully saturated rings. The summed E-state index contributed by atoms with van der Waals surface area (Å²) in [5.74, 6) is -2.23. The second-order valence-corrected chi connectivity index (χ2v) is 8.99. The van der Waals surface area contributed by atoms with Crippen LogP contribution in [0.25, 0.3) is 44.3 Å². The third kappa shape index (κ3) is 2.70. The summed E-state index contributed by atoms with van der Waals surface area (Å²) in [5.41, 5.74) is 0.179. The molecule has 34 heavy (non-hydrogen) atoms. The summed E-state index contributed by atoms with van der Waals surface area (Å²) in [7, 11) is 1.62. The van der Waals surface area contributed by atoms with Crippen LogP contribution in [0.15, 0.2) is 59.4 Å². The van der Waals surface area contributed by atoms with Gasteiger partial charge in [0.15, 0.2) is 6.20 Å². The first-order valence-corrected chi connectivity index (χ1v) is 11.0. The molecule has 0 amide bonds. The lowest BCUT2D eigenvalue weighted by molar-refractivity contribution is -0.660. The van der Waals surface area contributed by atoms with Crippen LogP contribution in [0.2, 0.25) is 0 Å². The van der Waals surface area contributed by atoms with Gasteiger partial charge in [-0.15, -0.1) is 0 Å². The molecule has 0 saturated carbocycles. The third-order valence-electron chi connectivity index (χ3n) is 6.85. The van der Waals surface area contributed by atoms with Crippen molar-refractivity contribution in [2.75, 3.05) is 0 Å². The molecule has 170 valence electrons. The number of nitrogens with zero attached hydrogens (tertiary/aromatic N) is 2. The Hall–Kier alpha value is -3.46. The molecule has 1 atom stereocenters. The van der Waals surface area contributed by atoms with Gasteiger partial charge in [-0.05, 0) is 48.0 Å². The summed E-state index contributed by atoms with van der Waals surface area (Å²) in [6.07, 6.45) is 4.17. The molecule has 3 heterocycles. The van der Waals surface area contributed by atoms with E-state index in [4.69, 9.17) is 22.2 Å². The van der Waals surface area contributed by atoms with Gasteiger partial charge in [0.25, 0.3) is 0 Å². The first-order chi connectivity index (χ1) is 21.5. The molecule has 5 aromatic rings. The average molecular weight is 461 g/mol. The molecule has 0 radical (unpaired) electrons. The molecule has 1 aliphatic rings. The van der Waals surface area contributed by atoms with Gasteiger partial charge in [-0.1, -0.05) is 51.7 Å². The smallest absolute Gasteiger partial charge is 0.216 e. The summed E-state index contributed by atoms with van der Waals surface area (Å²) < 4.78 is 116. The third-order valence-corrected chi connectivity index (χ3v) is 6.85. The van der Waals surface area contributed by atoms with Crippen LogP contribution in [0.1, 0.15) is 79.0 Å². The Morgan fingerprint density at radius 3 is 2.59 bits per heavy atom. The molecule has 0 bridgehead atoms. The molecule has 0 spiro atoms. The van der Waals surface area contributed by atoms with E-state index in [0.29, 0.717) is 44.3 Å².